The van der Waals surface area contributed by atoms with Crippen LogP contribution in [-0.2, 0) is 17.7 Å². The van der Waals surface area contributed by atoms with E-state index in [9.17, 15) is 0 Å². The van der Waals surface area contributed by atoms with Crippen LogP contribution in [0.2, 0.25) is 0 Å². The molecule has 0 aliphatic carbocycles. The van der Waals surface area contributed by atoms with Gasteiger partial charge in [-0.3, -0.25) is 4.68 Å². The van der Waals surface area contributed by atoms with Crippen molar-refractivity contribution in [3.05, 3.63) is 18.0 Å². The third-order valence-corrected chi connectivity index (χ3v) is 2.10. The molecule has 0 unspecified atom stereocenters. The highest BCUT2D eigenvalue weighted by molar-refractivity contribution is 5.03. The predicted octanol–water partition coefficient (Wildman–Crippen LogP) is 0.681. The summed E-state index contributed by atoms with van der Waals surface area (Å²) in [5.74, 6) is 0. The normalized spacial score (nSPS) is 10.7. The van der Waals surface area contributed by atoms with Gasteiger partial charge in [0.15, 0.2) is 0 Å². The molecule has 1 aromatic rings. The van der Waals surface area contributed by atoms with Crippen LogP contribution < -0.4 is 5.32 Å². The molecular formula is C10H19N3O. The third-order valence-electron chi connectivity index (χ3n) is 2.10. The van der Waals surface area contributed by atoms with Crippen molar-refractivity contribution in [1.82, 2.24) is 15.1 Å². The van der Waals surface area contributed by atoms with E-state index in [4.69, 9.17) is 4.74 Å². The number of rotatable bonds is 7. The highest BCUT2D eigenvalue weighted by Crippen LogP contribution is 2.01. The molecule has 1 N–H and O–H groups in total. The minimum atomic E-state index is 0.720. The first-order valence-corrected chi connectivity index (χ1v) is 5.01. The van der Waals surface area contributed by atoms with E-state index in [2.05, 4.69) is 16.6 Å². The SMILES string of the molecule is CNCCCc1cnn(CCOC)c1. The van der Waals surface area contributed by atoms with Gasteiger partial charge in [-0.15, -0.1) is 0 Å². The number of hydrogen-bond donors (Lipinski definition) is 1. The molecule has 0 atom stereocenters. The van der Waals surface area contributed by atoms with E-state index >= 15 is 0 Å². The Kier molecular flexibility index (Phi) is 5.25. The fourth-order valence-corrected chi connectivity index (χ4v) is 1.31. The zero-order chi connectivity index (χ0) is 10.2. The van der Waals surface area contributed by atoms with E-state index in [-0.39, 0.29) is 0 Å². The van der Waals surface area contributed by atoms with E-state index in [0.717, 1.165) is 32.5 Å². The van der Waals surface area contributed by atoms with Gasteiger partial charge in [-0.1, -0.05) is 0 Å². The molecule has 1 heterocycles. The van der Waals surface area contributed by atoms with Gasteiger partial charge in [0, 0.05) is 13.3 Å². The molecule has 0 spiro atoms. The van der Waals surface area contributed by atoms with Crippen molar-refractivity contribution < 1.29 is 4.74 Å². The van der Waals surface area contributed by atoms with Crippen LogP contribution >= 0.6 is 0 Å². The summed E-state index contributed by atoms with van der Waals surface area (Å²) < 4.78 is 6.91. The average molecular weight is 197 g/mol. The summed E-state index contributed by atoms with van der Waals surface area (Å²) in [6, 6.07) is 0. The standard InChI is InChI=1S/C10H19N3O/c1-11-5-3-4-10-8-12-13(9-10)6-7-14-2/h8-9,11H,3-7H2,1-2H3. The van der Waals surface area contributed by atoms with Crippen molar-refractivity contribution in [2.24, 2.45) is 0 Å². The Morgan fingerprint density at radius 2 is 2.43 bits per heavy atom. The molecule has 0 fully saturated rings. The van der Waals surface area contributed by atoms with Crippen LogP contribution in [0.25, 0.3) is 0 Å². The summed E-state index contributed by atoms with van der Waals surface area (Å²) in [4.78, 5) is 0. The summed E-state index contributed by atoms with van der Waals surface area (Å²) in [6.07, 6.45) is 6.28. The predicted molar refractivity (Wildman–Crippen MR) is 56.4 cm³/mol. The van der Waals surface area contributed by atoms with Crippen LogP contribution in [-0.4, -0.2) is 37.1 Å². The lowest BCUT2D eigenvalue weighted by molar-refractivity contribution is 0.183. The molecule has 0 saturated carbocycles. The van der Waals surface area contributed by atoms with E-state index < -0.39 is 0 Å². The Morgan fingerprint density at radius 1 is 1.57 bits per heavy atom. The molecule has 0 bridgehead atoms. The molecule has 4 nitrogen and oxygen atoms in total. The van der Waals surface area contributed by atoms with E-state index in [0.29, 0.717) is 0 Å². The van der Waals surface area contributed by atoms with Gasteiger partial charge in [0.1, 0.15) is 0 Å². The molecule has 14 heavy (non-hydrogen) atoms. The monoisotopic (exact) mass is 197 g/mol. The Bertz CT molecular complexity index is 247. The number of hydrogen-bond acceptors (Lipinski definition) is 3. The molecule has 1 rings (SSSR count). The summed E-state index contributed by atoms with van der Waals surface area (Å²) in [5, 5.41) is 7.38. The Hall–Kier alpha value is -0.870. The summed E-state index contributed by atoms with van der Waals surface area (Å²) in [6.45, 7) is 2.61. The number of aromatic nitrogens is 2. The molecule has 0 aliphatic heterocycles. The lowest BCUT2D eigenvalue weighted by Gasteiger charge is -1.99. The van der Waals surface area contributed by atoms with Crippen molar-refractivity contribution in [3.8, 4) is 0 Å². The Labute approximate surface area is 85.3 Å². The highest BCUT2D eigenvalue weighted by atomic mass is 16.5. The quantitative estimate of drug-likeness (QED) is 0.653. The maximum atomic E-state index is 4.98. The first kappa shape index (κ1) is 11.2. The van der Waals surface area contributed by atoms with Crippen molar-refractivity contribution in [1.29, 1.82) is 0 Å². The van der Waals surface area contributed by atoms with Crippen molar-refractivity contribution in [2.45, 2.75) is 19.4 Å². The number of nitrogens with one attached hydrogen (secondary N) is 1. The zero-order valence-corrected chi connectivity index (χ0v) is 8.99. The van der Waals surface area contributed by atoms with Gasteiger partial charge in [-0.25, -0.2) is 0 Å². The third kappa shape index (κ3) is 3.89. The second-order valence-corrected chi connectivity index (χ2v) is 3.31. The zero-order valence-electron chi connectivity index (χ0n) is 8.99. The molecule has 0 saturated heterocycles. The number of ether oxygens (including phenoxy) is 1. The first-order valence-electron chi connectivity index (χ1n) is 5.01. The van der Waals surface area contributed by atoms with Crippen molar-refractivity contribution in [3.63, 3.8) is 0 Å². The van der Waals surface area contributed by atoms with Gasteiger partial charge in [0.05, 0.1) is 19.3 Å². The summed E-state index contributed by atoms with van der Waals surface area (Å²) in [5.41, 5.74) is 1.30. The average Bonchev–Trinajstić information content (AvgIpc) is 2.63. The number of nitrogens with zero attached hydrogens (tertiary/aromatic N) is 2. The maximum absolute atomic E-state index is 4.98. The Balaban J connectivity index is 2.27. The minimum Gasteiger partial charge on any atom is -0.383 e. The lowest BCUT2D eigenvalue weighted by Crippen LogP contribution is -2.08. The van der Waals surface area contributed by atoms with Gasteiger partial charge in [0.2, 0.25) is 0 Å². The fourth-order valence-electron chi connectivity index (χ4n) is 1.31. The fraction of sp³-hybridized carbons (Fsp3) is 0.700. The topological polar surface area (TPSA) is 39.1 Å². The largest absolute Gasteiger partial charge is 0.383 e. The van der Waals surface area contributed by atoms with Crippen molar-refractivity contribution >= 4 is 0 Å². The molecule has 80 valence electrons. The molecule has 0 radical (unpaired) electrons. The van der Waals surface area contributed by atoms with Gasteiger partial charge in [0.25, 0.3) is 0 Å². The number of aryl methyl sites for hydroxylation is 1. The van der Waals surface area contributed by atoms with Crippen LogP contribution in [0, 0.1) is 0 Å². The highest BCUT2D eigenvalue weighted by Gasteiger charge is 1.97. The van der Waals surface area contributed by atoms with E-state index in [1.807, 2.05) is 17.9 Å². The lowest BCUT2D eigenvalue weighted by atomic mass is 10.2. The molecular weight excluding hydrogens is 178 g/mol. The summed E-state index contributed by atoms with van der Waals surface area (Å²) in [7, 11) is 3.68. The molecule has 0 aliphatic rings. The van der Waals surface area contributed by atoms with Crippen LogP contribution in [0.5, 0.6) is 0 Å². The van der Waals surface area contributed by atoms with Crippen LogP contribution in [0.1, 0.15) is 12.0 Å². The molecule has 4 heteroatoms. The van der Waals surface area contributed by atoms with Crippen molar-refractivity contribution in [2.75, 3.05) is 27.3 Å². The molecule has 0 amide bonds. The smallest absolute Gasteiger partial charge is 0.0658 e. The van der Waals surface area contributed by atoms with Crippen LogP contribution in [0.15, 0.2) is 12.4 Å². The number of methoxy groups -OCH3 is 1. The van der Waals surface area contributed by atoms with Crippen LogP contribution in [0.3, 0.4) is 0 Å². The van der Waals surface area contributed by atoms with E-state index in [1.54, 1.807) is 7.11 Å². The maximum Gasteiger partial charge on any atom is 0.0658 e. The second kappa shape index (κ2) is 6.56. The molecule has 0 aromatic carbocycles. The van der Waals surface area contributed by atoms with Crippen LogP contribution in [0.4, 0.5) is 0 Å². The van der Waals surface area contributed by atoms with Gasteiger partial charge in [-0.05, 0) is 32.0 Å². The van der Waals surface area contributed by atoms with Gasteiger partial charge < -0.3 is 10.1 Å². The van der Waals surface area contributed by atoms with E-state index in [1.165, 1.54) is 5.56 Å². The van der Waals surface area contributed by atoms with Gasteiger partial charge in [-0.2, -0.15) is 5.10 Å². The Morgan fingerprint density at radius 3 is 3.14 bits per heavy atom. The summed E-state index contributed by atoms with van der Waals surface area (Å²) >= 11 is 0. The minimum absolute atomic E-state index is 0.720. The second-order valence-electron chi connectivity index (χ2n) is 3.31. The first-order chi connectivity index (χ1) is 6.86. The molecule has 1 aromatic heterocycles. The van der Waals surface area contributed by atoms with Gasteiger partial charge >= 0.3 is 0 Å².